The molecule has 5 heteroatoms. The van der Waals surface area contributed by atoms with Gasteiger partial charge in [0.1, 0.15) is 23.9 Å². The average Bonchev–Trinajstić information content (AvgIpc) is 2.66. The summed E-state index contributed by atoms with van der Waals surface area (Å²) in [6.07, 6.45) is 0.417. The lowest BCUT2D eigenvalue weighted by molar-refractivity contribution is -0.127. The van der Waals surface area contributed by atoms with Crippen LogP contribution in [0.25, 0.3) is 0 Å². The molecule has 0 heterocycles. The molecule has 2 aromatic carbocycles. The molecule has 0 fully saturated rings. The Bertz CT molecular complexity index is 652. The topological polar surface area (TPSA) is 56.8 Å². The fourth-order valence-electron chi connectivity index (χ4n) is 2.22. The second-order valence-corrected chi connectivity index (χ2v) is 5.57. The molecule has 1 amide bonds. The highest BCUT2D eigenvalue weighted by Crippen LogP contribution is 2.18. The van der Waals surface area contributed by atoms with Crippen molar-refractivity contribution in [2.24, 2.45) is 0 Å². The third-order valence-corrected chi connectivity index (χ3v) is 3.74. The molecule has 25 heavy (non-hydrogen) atoms. The van der Waals surface area contributed by atoms with Gasteiger partial charge in [0.25, 0.3) is 5.91 Å². The molecule has 0 aliphatic rings. The van der Waals surface area contributed by atoms with Gasteiger partial charge in [0.05, 0.1) is 13.7 Å². The monoisotopic (exact) mass is 343 g/mol. The summed E-state index contributed by atoms with van der Waals surface area (Å²) in [5.41, 5.74) is 1.27. The molecular formula is C20H25NO4. The van der Waals surface area contributed by atoms with Crippen molar-refractivity contribution in [3.63, 3.8) is 0 Å². The first-order valence-electron chi connectivity index (χ1n) is 8.42. The van der Waals surface area contributed by atoms with E-state index >= 15 is 0 Å². The van der Waals surface area contributed by atoms with E-state index in [9.17, 15) is 4.79 Å². The smallest absolute Gasteiger partial charge is 0.260 e. The van der Waals surface area contributed by atoms with Gasteiger partial charge in [-0.15, -0.1) is 0 Å². The SMILES string of the molecule is CCc1ccc(OCCNC(=O)C(C)Oc2ccc(OC)cc2)cc1. The zero-order valence-corrected chi connectivity index (χ0v) is 15.0. The van der Waals surface area contributed by atoms with Gasteiger partial charge in [0.2, 0.25) is 0 Å². The van der Waals surface area contributed by atoms with E-state index in [1.165, 1.54) is 5.56 Å². The number of hydrogen-bond acceptors (Lipinski definition) is 4. The first-order chi connectivity index (χ1) is 12.1. The van der Waals surface area contributed by atoms with E-state index < -0.39 is 6.10 Å². The van der Waals surface area contributed by atoms with Gasteiger partial charge in [0, 0.05) is 0 Å². The first-order valence-corrected chi connectivity index (χ1v) is 8.42. The van der Waals surface area contributed by atoms with Crippen LogP contribution in [0.1, 0.15) is 19.4 Å². The van der Waals surface area contributed by atoms with Gasteiger partial charge in [-0.25, -0.2) is 0 Å². The zero-order chi connectivity index (χ0) is 18.1. The maximum absolute atomic E-state index is 12.0. The van der Waals surface area contributed by atoms with E-state index in [4.69, 9.17) is 14.2 Å². The summed E-state index contributed by atoms with van der Waals surface area (Å²) < 4.78 is 16.3. The third-order valence-electron chi connectivity index (χ3n) is 3.74. The van der Waals surface area contributed by atoms with E-state index in [2.05, 4.69) is 12.2 Å². The van der Waals surface area contributed by atoms with E-state index in [-0.39, 0.29) is 5.91 Å². The summed E-state index contributed by atoms with van der Waals surface area (Å²) in [5, 5.41) is 2.80. The average molecular weight is 343 g/mol. The van der Waals surface area contributed by atoms with Crippen LogP contribution in [0.15, 0.2) is 48.5 Å². The van der Waals surface area contributed by atoms with Crippen molar-refractivity contribution >= 4 is 5.91 Å². The number of carbonyl (C=O) groups is 1. The number of benzene rings is 2. The normalized spacial score (nSPS) is 11.5. The van der Waals surface area contributed by atoms with Crippen molar-refractivity contribution in [3.8, 4) is 17.2 Å². The van der Waals surface area contributed by atoms with Crippen LogP contribution in [0.4, 0.5) is 0 Å². The molecule has 134 valence electrons. The number of rotatable bonds is 9. The lowest BCUT2D eigenvalue weighted by Gasteiger charge is -2.15. The van der Waals surface area contributed by atoms with Crippen molar-refractivity contribution < 1.29 is 19.0 Å². The van der Waals surface area contributed by atoms with Crippen LogP contribution in [0, 0.1) is 0 Å². The molecule has 0 bridgehead atoms. The van der Waals surface area contributed by atoms with E-state index in [0.717, 1.165) is 17.9 Å². The Hall–Kier alpha value is -2.69. The van der Waals surface area contributed by atoms with E-state index in [1.54, 1.807) is 38.3 Å². The lowest BCUT2D eigenvalue weighted by atomic mass is 10.2. The zero-order valence-electron chi connectivity index (χ0n) is 15.0. The number of ether oxygens (including phenoxy) is 3. The molecule has 5 nitrogen and oxygen atoms in total. The van der Waals surface area contributed by atoms with Gasteiger partial charge in [-0.1, -0.05) is 19.1 Å². The summed E-state index contributed by atoms with van der Waals surface area (Å²) in [7, 11) is 1.60. The molecule has 0 spiro atoms. The van der Waals surface area contributed by atoms with Gasteiger partial charge in [-0.2, -0.15) is 0 Å². The number of carbonyl (C=O) groups excluding carboxylic acids is 1. The van der Waals surface area contributed by atoms with E-state index in [1.807, 2.05) is 24.3 Å². The first kappa shape index (κ1) is 18.6. The minimum absolute atomic E-state index is 0.180. The number of hydrogen-bond donors (Lipinski definition) is 1. The quantitative estimate of drug-likeness (QED) is 0.710. The fraction of sp³-hybridized carbons (Fsp3) is 0.350. The van der Waals surface area contributed by atoms with Gasteiger partial charge in [-0.05, 0) is 55.3 Å². The number of amides is 1. The second-order valence-electron chi connectivity index (χ2n) is 5.57. The summed E-state index contributed by atoms with van der Waals surface area (Å²) in [5.74, 6) is 1.99. The molecule has 1 atom stereocenters. The predicted molar refractivity (Wildman–Crippen MR) is 97.4 cm³/mol. The minimum atomic E-state index is -0.586. The van der Waals surface area contributed by atoms with Crippen molar-refractivity contribution in [2.45, 2.75) is 26.4 Å². The number of methoxy groups -OCH3 is 1. The van der Waals surface area contributed by atoms with Crippen LogP contribution in [-0.4, -0.2) is 32.3 Å². The Morgan fingerprint density at radius 2 is 1.60 bits per heavy atom. The summed E-state index contributed by atoms with van der Waals surface area (Å²) in [6.45, 7) is 4.65. The maximum Gasteiger partial charge on any atom is 0.260 e. The minimum Gasteiger partial charge on any atom is -0.497 e. The number of nitrogens with one attached hydrogen (secondary N) is 1. The van der Waals surface area contributed by atoms with Crippen LogP contribution in [0.2, 0.25) is 0 Å². The van der Waals surface area contributed by atoms with Gasteiger partial charge < -0.3 is 19.5 Å². The standard InChI is InChI=1S/C20H25NO4/c1-4-16-5-7-18(8-6-16)24-14-13-21-20(22)15(2)25-19-11-9-17(23-3)10-12-19/h5-12,15H,4,13-14H2,1-3H3,(H,21,22). The summed E-state index contributed by atoms with van der Waals surface area (Å²) in [4.78, 5) is 12.0. The molecule has 0 aliphatic carbocycles. The molecule has 1 unspecified atom stereocenters. The molecule has 0 aliphatic heterocycles. The Labute approximate surface area is 148 Å². The van der Waals surface area contributed by atoms with Gasteiger partial charge in [-0.3, -0.25) is 4.79 Å². The Kier molecular flexibility index (Phi) is 7.14. The van der Waals surface area contributed by atoms with Crippen molar-refractivity contribution in [2.75, 3.05) is 20.3 Å². The Morgan fingerprint density at radius 3 is 2.20 bits per heavy atom. The number of aryl methyl sites for hydroxylation is 1. The summed E-state index contributed by atoms with van der Waals surface area (Å²) >= 11 is 0. The highest BCUT2D eigenvalue weighted by molar-refractivity contribution is 5.80. The molecule has 0 radical (unpaired) electrons. The largest absolute Gasteiger partial charge is 0.497 e. The van der Waals surface area contributed by atoms with Crippen LogP contribution in [-0.2, 0) is 11.2 Å². The molecule has 0 saturated heterocycles. The molecule has 0 saturated carbocycles. The van der Waals surface area contributed by atoms with Crippen molar-refractivity contribution in [1.82, 2.24) is 5.32 Å². The van der Waals surface area contributed by atoms with Crippen LogP contribution < -0.4 is 19.5 Å². The fourth-order valence-corrected chi connectivity index (χ4v) is 2.22. The lowest BCUT2D eigenvalue weighted by Crippen LogP contribution is -2.38. The maximum atomic E-state index is 12.0. The molecular weight excluding hydrogens is 318 g/mol. The van der Waals surface area contributed by atoms with Crippen LogP contribution in [0.5, 0.6) is 17.2 Å². The molecule has 0 aromatic heterocycles. The third kappa shape index (κ3) is 6.03. The highest BCUT2D eigenvalue weighted by atomic mass is 16.5. The predicted octanol–water partition coefficient (Wildman–Crippen LogP) is 3.22. The second kappa shape index (κ2) is 9.57. The highest BCUT2D eigenvalue weighted by Gasteiger charge is 2.14. The molecule has 2 aromatic rings. The summed E-state index contributed by atoms with van der Waals surface area (Å²) in [6, 6.07) is 15.1. The van der Waals surface area contributed by atoms with Crippen molar-refractivity contribution in [3.05, 3.63) is 54.1 Å². The van der Waals surface area contributed by atoms with Crippen LogP contribution >= 0.6 is 0 Å². The Balaban J connectivity index is 1.69. The van der Waals surface area contributed by atoms with Gasteiger partial charge >= 0.3 is 0 Å². The Morgan fingerprint density at radius 1 is 1.00 bits per heavy atom. The van der Waals surface area contributed by atoms with Gasteiger partial charge in [0.15, 0.2) is 6.10 Å². The molecule has 1 N–H and O–H groups in total. The van der Waals surface area contributed by atoms with Crippen LogP contribution in [0.3, 0.4) is 0 Å². The van der Waals surface area contributed by atoms with Crippen molar-refractivity contribution in [1.29, 1.82) is 0 Å². The molecule has 2 rings (SSSR count). The van der Waals surface area contributed by atoms with E-state index in [0.29, 0.717) is 18.9 Å².